The molecule has 4 aromatic rings. The minimum atomic E-state index is -3.87. The van der Waals surface area contributed by atoms with Gasteiger partial charge in [-0.15, -0.1) is 6.58 Å². The zero-order chi connectivity index (χ0) is 24.7. The van der Waals surface area contributed by atoms with Crippen LogP contribution in [0.2, 0.25) is 0 Å². The zero-order valence-electron chi connectivity index (χ0n) is 18.5. The molecule has 2 aromatic carbocycles. The first kappa shape index (κ1) is 23.7. The number of amides is 1. The molecule has 0 saturated carbocycles. The van der Waals surface area contributed by atoms with E-state index in [0.717, 1.165) is 11.3 Å². The predicted octanol–water partition coefficient (Wildman–Crippen LogP) is 4.43. The number of nitrogens with one attached hydrogen (secondary N) is 2. The van der Waals surface area contributed by atoms with Crippen LogP contribution < -0.4 is 14.8 Å². The SMILES string of the molecule is C=CCc1ccccc1OCc1ccc(C(=O)Nc2ccc(S(=O)(=O)Nc3ncccn3)cc2)o1. The van der Waals surface area contributed by atoms with Crippen molar-refractivity contribution < 1.29 is 22.4 Å². The molecule has 0 unspecified atom stereocenters. The minimum absolute atomic E-state index is 0.00267. The molecular weight excluding hydrogens is 468 g/mol. The average Bonchev–Trinajstić information content (AvgIpc) is 3.34. The molecule has 0 saturated heterocycles. The second kappa shape index (κ2) is 10.7. The highest BCUT2D eigenvalue weighted by molar-refractivity contribution is 7.92. The number of carbonyl (C=O) groups excluding carboxylic acids is 1. The number of para-hydroxylation sites is 1. The van der Waals surface area contributed by atoms with Gasteiger partial charge in [0.15, 0.2) is 5.76 Å². The van der Waals surface area contributed by atoms with E-state index >= 15 is 0 Å². The van der Waals surface area contributed by atoms with E-state index < -0.39 is 15.9 Å². The lowest BCUT2D eigenvalue weighted by atomic mass is 10.1. The first-order valence-electron chi connectivity index (χ1n) is 10.6. The third kappa shape index (κ3) is 6.12. The Hall–Kier alpha value is -4.44. The van der Waals surface area contributed by atoms with E-state index in [0.29, 0.717) is 17.9 Å². The molecule has 0 aliphatic carbocycles. The number of sulfonamides is 1. The second-order valence-electron chi connectivity index (χ2n) is 7.31. The number of rotatable bonds is 10. The fourth-order valence-corrected chi connectivity index (χ4v) is 4.09. The van der Waals surface area contributed by atoms with Gasteiger partial charge in [-0.3, -0.25) is 4.79 Å². The summed E-state index contributed by atoms with van der Waals surface area (Å²) in [4.78, 5) is 20.2. The Kier molecular flexibility index (Phi) is 7.22. The van der Waals surface area contributed by atoms with Crippen molar-refractivity contribution in [3.63, 3.8) is 0 Å². The fourth-order valence-electron chi connectivity index (χ4n) is 3.14. The van der Waals surface area contributed by atoms with Gasteiger partial charge >= 0.3 is 0 Å². The molecule has 35 heavy (non-hydrogen) atoms. The van der Waals surface area contributed by atoms with Crippen molar-refractivity contribution in [1.82, 2.24) is 9.97 Å². The van der Waals surface area contributed by atoms with Gasteiger partial charge in [-0.2, -0.15) is 0 Å². The quantitative estimate of drug-likeness (QED) is 0.315. The van der Waals surface area contributed by atoms with Crippen LogP contribution in [0, 0.1) is 0 Å². The van der Waals surface area contributed by atoms with Gasteiger partial charge in [-0.25, -0.2) is 23.1 Å². The molecule has 2 N–H and O–H groups in total. The highest BCUT2D eigenvalue weighted by Gasteiger charge is 2.17. The molecule has 9 nitrogen and oxygen atoms in total. The van der Waals surface area contributed by atoms with E-state index in [1.165, 1.54) is 36.7 Å². The maximum Gasteiger partial charge on any atom is 0.291 e. The summed E-state index contributed by atoms with van der Waals surface area (Å²) in [5.74, 6) is 0.793. The molecule has 178 valence electrons. The number of hydrogen-bond donors (Lipinski definition) is 2. The predicted molar refractivity (Wildman–Crippen MR) is 131 cm³/mol. The summed E-state index contributed by atoms with van der Waals surface area (Å²) in [6.07, 6.45) is 5.33. The second-order valence-corrected chi connectivity index (χ2v) is 8.99. The van der Waals surface area contributed by atoms with E-state index in [-0.39, 0.29) is 23.2 Å². The van der Waals surface area contributed by atoms with Crippen molar-refractivity contribution in [3.8, 4) is 5.75 Å². The number of carbonyl (C=O) groups is 1. The van der Waals surface area contributed by atoms with Crippen molar-refractivity contribution in [2.75, 3.05) is 10.0 Å². The molecule has 0 radical (unpaired) electrons. The van der Waals surface area contributed by atoms with Crippen LogP contribution in [0.1, 0.15) is 21.9 Å². The molecule has 0 fully saturated rings. The molecule has 0 aliphatic rings. The third-order valence-corrected chi connectivity index (χ3v) is 6.15. The molecule has 2 heterocycles. The van der Waals surface area contributed by atoms with Gasteiger partial charge in [0.05, 0.1) is 4.90 Å². The summed E-state index contributed by atoms with van der Waals surface area (Å²) in [7, 11) is -3.87. The van der Waals surface area contributed by atoms with Gasteiger partial charge in [0.2, 0.25) is 5.95 Å². The number of furan rings is 1. The van der Waals surface area contributed by atoms with Gasteiger partial charge in [0, 0.05) is 18.1 Å². The number of nitrogens with zero attached hydrogens (tertiary/aromatic N) is 2. The summed E-state index contributed by atoms with van der Waals surface area (Å²) in [5.41, 5.74) is 1.40. The lowest BCUT2D eigenvalue weighted by Crippen LogP contribution is -2.15. The van der Waals surface area contributed by atoms with Crippen molar-refractivity contribution in [2.24, 2.45) is 0 Å². The van der Waals surface area contributed by atoms with Gasteiger partial charge < -0.3 is 14.5 Å². The molecule has 0 bridgehead atoms. The Bertz CT molecular complexity index is 1420. The van der Waals surface area contributed by atoms with Crippen molar-refractivity contribution in [1.29, 1.82) is 0 Å². The number of anilines is 2. The Balaban J connectivity index is 1.36. The van der Waals surface area contributed by atoms with Crippen molar-refractivity contribution in [2.45, 2.75) is 17.9 Å². The van der Waals surface area contributed by atoms with E-state index in [9.17, 15) is 13.2 Å². The molecule has 0 aliphatic heterocycles. The number of aromatic nitrogens is 2. The van der Waals surface area contributed by atoms with E-state index in [2.05, 4.69) is 26.6 Å². The van der Waals surface area contributed by atoms with Crippen LogP contribution in [-0.4, -0.2) is 24.3 Å². The number of allylic oxidation sites excluding steroid dienone is 1. The van der Waals surface area contributed by atoms with Crippen LogP contribution in [-0.2, 0) is 23.1 Å². The van der Waals surface area contributed by atoms with Gasteiger partial charge in [0.1, 0.15) is 18.1 Å². The Labute approximate surface area is 202 Å². The highest BCUT2D eigenvalue weighted by atomic mass is 32.2. The molecule has 10 heteroatoms. The molecular formula is C25H22N4O5S. The molecule has 0 spiro atoms. The van der Waals surface area contributed by atoms with E-state index in [1.807, 2.05) is 24.3 Å². The Morgan fingerprint density at radius 3 is 2.49 bits per heavy atom. The normalized spacial score (nSPS) is 11.0. The summed E-state index contributed by atoms with van der Waals surface area (Å²) in [6.45, 7) is 3.91. The molecule has 0 atom stereocenters. The summed E-state index contributed by atoms with van der Waals surface area (Å²) in [6, 6.07) is 18.1. The number of ether oxygens (including phenoxy) is 1. The van der Waals surface area contributed by atoms with Crippen LogP contribution in [0.3, 0.4) is 0 Å². The Morgan fingerprint density at radius 1 is 1.00 bits per heavy atom. The maximum absolute atomic E-state index is 12.6. The first-order chi connectivity index (χ1) is 16.9. The molecule has 1 amide bonds. The third-order valence-electron chi connectivity index (χ3n) is 4.81. The summed E-state index contributed by atoms with van der Waals surface area (Å²) >= 11 is 0. The van der Waals surface area contributed by atoms with Gasteiger partial charge in [-0.1, -0.05) is 24.3 Å². The molecule has 4 rings (SSSR count). The van der Waals surface area contributed by atoms with Crippen LogP contribution in [0.15, 0.2) is 101 Å². The fraction of sp³-hybridized carbons (Fsp3) is 0.0800. The van der Waals surface area contributed by atoms with Gasteiger partial charge in [0.25, 0.3) is 15.9 Å². The first-order valence-corrected chi connectivity index (χ1v) is 12.0. The van der Waals surface area contributed by atoms with E-state index in [1.54, 1.807) is 24.3 Å². The van der Waals surface area contributed by atoms with E-state index in [4.69, 9.17) is 9.15 Å². The standard InChI is InChI=1S/C25H22N4O5S/c1-2-6-18-7-3-4-8-22(18)33-17-20-11-14-23(34-20)24(30)28-19-9-12-21(13-10-19)35(31,32)29-25-26-15-5-16-27-25/h2-5,7-16H,1,6,17H2,(H,28,30)(H,26,27,29). The van der Waals surface area contributed by atoms with Crippen molar-refractivity contribution >= 4 is 27.6 Å². The highest BCUT2D eigenvalue weighted by Crippen LogP contribution is 2.21. The molecule has 2 aromatic heterocycles. The average molecular weight is 491 g/mol. The monoisotopic (exact) mass is 490 g/mol. The summed E-state index contributed by atoms with van der Waals surface area (Å²) in [5, 5.41) is 2.68. The minimum Gasteiger partial charge on any atom is -0.485 e. The van der Waals surface area contributed by atoms with Gasteiger partial charge in [-0.05, 0) is 60.5 Å². The zero-order valence-corrected chi connectivity index (χ0v) is 19.4. The van der Waals surface area contributed by atoms with Crippen LogP contribution in [0.25, 0.3) is 0 Å². The van der Waals surface area contributed by atoms with Crippen LogP contribution >= 0.6 is 0 Å². The number of benzene rings is 2. The largest absolute Gasteiger partial charge is 0.485 e. The topological polar surface area (TPSA) is 123 Å². The lowest BCUT2D eigenvalue weighted by molar-refractivity contribution is 0.0992. The maximum atomic E-state index is 12.6. The number of hydrogen-bond acceptors (Lipinski definition) is 7. The smallest absolute Gasteiger partial charge is 0.291 e. The lowest BCUT2D eigenvalue weighted by Gasteiger charge is -2.09. The van der Waals surface area contributed by atoms with Crippen molar-refractivity contribution in [3.05, 3.63) is 109 Å². The van der Waals surface area contributed by atoms with Crippen LogP contribution in [0.5, 0.6) is 5.75 Å². The Morgan fingerprint density at radius 2 is 1.74 bits per heavy atom. The summed E-state index contributed by atoms with van der Waals surface area (Å²) < 4.78 is 38.7. The van der Waals surface area contributed by atoms with Crippen LogP contribution in [0.4, 0.5) is 11.6 Å².